The van der Waals surface area contributed by atoms with E-state index >= 15 is 0 Å². The molecule has 1 amide bonds. The van der Waals surface area contributed by atoms with Crippen LogP contribution < -0.4 is 9.64 Å². The number of carbonyl (C=O) groups excluding carboxylic acids is 1. The predicted molar refractivity (Wildman–Crippen MR) is 158 cm³/mol. The average Bonchev–Trinajstić information content (AvgIpc) is 3.09. The highest BCUT2D eigenvalue weighted by Gasteiger charge is 2.47. The molecule has 1 aromatic heterocycles. The lowest BCUT2D eigenvalue weighted by atomic mass is 9.68. The summed E-state index contributed by atoms with van der Waals surface area (Å²) in [6.45, 7) is 1.92. The van der Waals surface area contributed by atoms with Gasteiger partial charge in [-0.25, -0.2) is 9.78 Å². The SMILES string of the molecule is CN1CC/C=C/[C@H](O)[C@@H]2CC[C@H]2CN2C[C@@]3(CCCc4cc(Cl)ccc43)COc3ccc(nc32)[C@@](O)(C(=O)O)CC1=O. The van der Waals surface area contributed by atoms with E-state index in [9.17, 15) is 24.9 Å². The van der Waals surface area contributed by atoms with Crippen molar-refractivity contribution in [3.05, 3.63) is 64.3 Å². The standard InChI is InChI=1S/C32H38ClN3O6/c1-35-14-3-2-6-25(37)23-9-7-21(23)17-36-18-31(13-4-5-20-15-22(33)8-10-24(20)31)19-42-26-11-12-27(34-29(26)36)32(41,30(39)40)16-28(35)38/h2,6,8,10-12,15,21,23,25,37,41H,3-5,7,9,13-14,16-19H2,1H3,(H,39,40)/b6-2+/t21-,23+,25-,31-,32+/m0/s1. The predicted octanol–water partition coefficient (Wildman–Crippen LogP) is 3.68. The molecule has 4 aliphatic rings. The number of halogens is 1. The minimum Gasteiger partial charge on any atom is -0.489 e. The zero-order valence-electron chi connectivity index (χ0n) is 23.8. The molecule has 0 radical (unpaired) electrons. The van der Waals surface area contributed by atoms with Gasteiger partial charge >= 0.3 is 5.97 Å². The Kier molecular flexibility index (Phi) is 7.70. The Labute approximate surface area is 250 Å². The van der Waals surface area contributed by atoms with Crippen molar-refractivity contribution in [2.75, 3.05) is 38.2 Å². The Morgan fingerprint density at radius 1 is 1.21 bits per heavy atom. The number of hydrogen-bond donors (Lipinski definition) is 3. The number of aliphatic hydroxyl groups is 2. The number of anilines is 1. The fourth-order valence-electron chi connectivity index (χ4n) is 7.17. The van der Waals surface area contributed by atoms with Crippen LogP contribution in [-0.4, -0.2) is 76.5 Å². The van der Waals surface area contributed by atoms with Crippen molar-refractivity contribution in [1.29, 1.82) is 0 Å². The van der Waals surface area contributed by atoms with Crippen molar-refractivity contribution in [3.8, 4) is 5.75 Å². The highest BCUT2D eigenvalue weighted by molar-refractivity contribution is 6.30. The number of fused-ring (bicyclic) bond motifs is 4. The Balaban J connectivity index is 1.46. The number of carboxylic acid groups (broad SMARTS) is 1. The molecule has 2 aliphatic heterocycles. The zero-order chi connectivity index (χ0) is 29.6. The first-order chi connectivity index (χ1) is 20.1. The molecule has 10 heteroatoms. The highest BCUT2D eigenvalue weighted by atomic mass is 35.5. The molecule has 2 bridgehead atoms. The third-order valence-electron chi connectivity index (χ3n) is 9.82. The molecule has 2 aliphatic carbocycles. The van der Waals surface area contributed by atoms with Crippen molar-refractivity contribution in [3.63, 3.8) is 0 Å². The minimum absolute atomic E-state index is 0.0775. The van der Waals surface area contributed by atoms with Crippen LogP contribution in [0.3, 0.4) is 0 Å². The maximum Gasteiger partial charge on any atom is 0.342 e. The molecule has 1 aromatic carbocycles. The number of amides is 1. The first-order valence-electron chi connectivity index (χ1n) is 14.8. The number of carboxylic acids is 1. The molecule has 3 N–H and O–H groups in total. The molecule has 42 heavy (non-hydrogen) atoms. The molecule has 2 aromatic rings. The number of rotatable bonds is 1. The van der Waals surface area contributed by atoms with Crippen LogP contribution in [0.2, 0.25) is 5.02 Å². The minimum atomic E-state index is -2.51. The number of aliphatic carboxylic acids is 1. The fraction of sp³-hybridized carbons (Fsp3) is 0.531. The quantitative estimate of drug-likeness (QED) is 0.427. The number of ether oxygens (including phenoxy) is 1. The van der Waals surface area contributed by atoms with Crippen LogP contribution in [0.15, 0.2) is 42.5 Å². The molecule has 3 heterocycles. The number of benzene rings is 1. The van der Waals surface area contributed by atoms with Gasteiger partial charge in [0.2, 0.25) is 11.5 Å². The lowest BCUT2D eigenvalue weighted by Crippen LogP contribution is -2.50. The first kappa shape index (κ1) is 29.0. The number of aliphatic hydroxyl groups excluding tert-OH is 1. The summed E-state index contributed by atoms with van der Waals surface area (Å²) in [6, 6.07) is 9.16. The van der Waals surface area contributed by atoms with Crippen LogP contribution in [0.1, 0.15) is 55.3 Å². The second-order valence-electron chi connectivity index (χ2n) is 12.5. The molecular formula is C32H38ClN3O6. The molecular weight excluding hydrogens is 558 g/mol. The van der Waals surface area contributed by atoms with E-state index in [1.807, 2.05) is 24.3 Å². The second-order valence-corrected chi connectivity index (χ2v) is 12.9. The van der Waals surface area contributed by atoms with E-state index in [4.69, 9.17) is 21.3 Å². The van der Waals surface area contributed by atoms with Gasteiger partial charge in [0.25, 0.3) is 0 Å². The van der Waals surface area contributed by atoms with Crippen LogP contribution in [0.4, 0.5) is 5.82 Å². The summed E-state index contributed by atoms with van der Waals surface area (Å²) >= 11 is 6.37. The summed E-state index contributed by atoms with van der Waals surface area (Å²) in [5.74, 6) is -0.813. The van der Waals surface area contributed by atoms with Gasteiger partial charge in [-0.1, -0.05) is 29.8 Å². The van der Waals surface area contributed by atoms with Crippen LogP contribution in [-0.2, 0) is 27.0 Å². The van der Waals surface area contributed by atoms with Crippen molar-refractivity contribution >= 4 is 29.3 Å². The highest BCUT2D eigenvalue weighted by Crippen LogP contribution is 2.46. The largest absolute Gasteiger partial charge is 0.489 e. The van der Waals surface area contributed by atoms with E-state index in [1.165, 1.54) is 22.1 Å². The molecule has 0 saturated heterocycles. The Bertz CT molecular complexity index is 1420. The lowest BCUT2D eigenvalue weighted by Gasteiger charge is -2.45. The summed E-state index contributed by atoms with van der Waals surface area (Å²) in [4.78, 5) is 33.8. The molecule has 1 saturated carbocycles. The van der Waals surface area contributed by atoms with Gasteiger partial charge in [0.15, 0.2) is 11.6 Å². The van der Waals surface area contributed by atoms with Crippen molar-refractivity contribution < 1.29 is 29.6 Å². The lowest BCUT2D eigenvalue weighted by molar-refractivity contribution is -0.165. The number of pyridine rings is 1. The second kappa shape index (κ2) is 11.2. The average molecular weight is 596 g/mol. The number of nitrogens with zero attached hydrogens (tertiary/aromatic N) is 3. The maximum absolute atomic E-state index is 13.0. The number of aryl methyl sites for hydroxylation is 1. The van der Waals surface area contributed by atoms with Crippen molar-refractivity contribution in [2.45, 2.75) is 62.1 Å². The summed E-state index contributed by atoms with van der Waals surface area (Å²) < 4.78 is 6.46. The molecule has 1 spiro atoms. The fourth-order valence-corrected chi connectivity index (χ4v) is 7.36. The smallest absolute Gasteiger partial charge is 0.342 e. The van der Waals surface area contributed by atoms with Gasteiger partial charge in [-0.2, -0.15) is 0 Å². The maximum atomic E-state index is 13.0. The van der Waals surface area contributed by atoms with Gasteiger partial charge in [0, 0.05) is 37.1 Å². The Morgan fingerprint density at radius 3 is 2.81 bits per heavy atom. The van der Waals surface area contributed by atoms with Crippen LogP contribution in [0, 0.1) is 11.8 Å². The van der Waals surface area contributed by atoms with Gasteiger partial charge in [-0.05, 0) is 85.8 Å². The third kappa shape index (κ3) is 5.16. The van der Waals surface area contributed by atoms with E-state index in [-0.39, 0.29) is 22.9 Å². The van der Waals surface area contributed by atoms with Crippen molar-refractivity contribution in [1.82, 2.24) is 9.88 Å². The molecule has 0 unspecified atom stereocenters. The van der Waals surface area contributed by atoms with Crippen LogP contribution in [0.5, 0.6) is 5.75 Å². The molecule has 6 rings (SSSR count). The molecule has 224 valence electrons. The van der Waals surface area contributed by atoms with E-state index in [1.54, 1.807) is 13.1 Å². The van der Waals surface area contributed by atoms with E-state index in [0.29, 0.717) is 49.3 Å². The van der Waals surface area contributed by atoms with E-state index in [0.717, 1.165) is 32.1 Å². The molecule has 5 atom stereocenters. The summed E-state index contributed by atoms with van der Waals surface area (Å²) in [5.41, 5.74) is -0.558. The monoisotopic (exact) mass is 595 g/mol. The summed E-state index contributed by atoms with van der Waals surface area (Å²) in [7, 11) is 1.58. The van der Waals surface area contributed by atoms with E-state index < -0.39 is 30.0 Å². The van der Waals surface area contributed by atoms with Gasteiger partial charge in [-0.3, -0.25) is 4.79 Å². The number of carbonyl (C=O) groups is 2. The summed E-state index contributed by atoms with van der Waals surface area (Å²) in [5, 5.41) is 33.4. The number of hydrogen-bond acceptors (Lipinski definition) is 7. The van der Waals surface area contributed by atoms with Crippen LogP contribution in [0.25, 0.3) is 0 Å². The Morgan fingerprint density at radius 2 is 2.05 bits per heavy atom. The van der Waals surface area contributed by atoms with E-state index in [2.05, 4.69) is 11.0 Å². The van der Waals surface area contributed by atoms with Gasteiger partial charge in [0.05, 0.1) is 24.8 Å². The first-order valence-corrected chi connectivity index (χ1v) is 15.2. The Hall–Kier alpha value is -3.14. The third-order valence-corrected chi connectivity index (χ3v) is 10.1. The van der Waals surface area contributed by atoms with Gasteiger partial charge in [-0.15, -0.1) is 0 Å². The summed E-state index contributed by atoms with van der Waals surface area (Å²) in [6.07, 6.45) is 7.62. The molecule has 9 nitrogen and oxygen atoms in total. The van der Waals surface area contributed by atoms with Crippen molar-refractivity contribution in [2.24, 2.45) is 11.8 Å². The topological polar surface area (TPSA) is 123 Å². The molecule has 1 fully saturated rings. The van der Waals surface area contributed by atoms with Gasteiger partial charge < -0.3 is 29.9 Å². The number of aromatic nitrogens is 1. The van der Waals surface area contributed by atoms with Crippen LogP contribution >= 0.6 is 11.6 Å². The van der Waals surface area contributed by atoms with Gasteiger partial charge in [0.1, 0.15) is 0 Å². The normalized spacial score (nSPS) is 32.2. The zero-order valence-corrected chi connectivity index (χ0v) is 24.6.